The molecule has 4 heteroatoms. The number of ether oxygens (including phenoxy) is 1. The Hall–Kier alpha value is -1.80. The zero-order chi connectivity index (χ0) is 12.3. The number of carbonyl (C=O) groups excluding carboxylic acids is 2. The zero-order valence-corrected chi connectivity index (χ0v) is 12.7. The second-order valence-corrected chi connectivity index (χ2v) is 3.47. The molecule has 0 aliphatic carbocycles. The van der Waals surface area contributed by atoms with E-state index in [2.05, 4.69) is 11.3 Å². The Balaban J connectivity index is 0.00000162. The smallest absolute Gasteiger partial charge is 0.346 e. The van der Waals surface area contributed by atoms with Crippen molar-refractivity contribution in [3.63, 3.8) is 0 Å². The summed E-state index contributed by atoms with van der Waals surface area (Å²) >= 11 is 0. The van der Waals surface area contributed by atoms with Crippen LogP contribution in [0.2, 0.25) is 0 Å². The zero-order valence-electron chi connectivity index (χ0n) is 9.76. The SMILES string of the molecule is C=CC(=O)OC(=O)c1ccc2ccccc2c1.[Zn]. The number of benzene rings is 2. The van der Waals surface area contributed by atoms with E-state index < -0.39 is 11.9 Å². The van der Waals surface area contributed by atoms with Crippen LogP contribution in [0.1, 0.15) is 10.4 Å². The summed E-state index contributed by atoms with van der Waals surface area (Å²) in [5.74, 6) is -1.41. The van der Waals surface area contributed by atoms with Gasteiger partial charge in [0.15, 0.2) is 0 Å². The molecule has 0 aliphatic heterocycles. The molecule has 0 amide bonds. The molecular formula is C14H10O3Zn. The minimum Gasteiger partial charge on any atom is -0.386 e. The van der Waals surface area contributed by atoms with Gasteiger partial charge in [0.1, 0.15) is 0 Å². The molecule has 0 N–H and O–H groups in total. The van der Waals surface area contributed by atoms with Gasteiger partial charge in [-0.3, -0.25) is 0 Å². The largest absolute Gasteiger partial charge is 0.386 e. The third-order valence-electron chi connectivity index (χ3n) is 2.35. The molecule has 0 aromatic heterocycles. The molecule has 0 heterocycles. The monoisotopic (exact) mass is 290 g/mol. The first kappa shape index (κ1) is 14.3. The van der Waals surface area contributed by atoms with Crippen molar-refractivity contribution in [3.05, 3.63) is 60.7 Å². The summed E-state index contributed by atoms with van der Waals surface area (Å²) in [6.07, 6.45) is 0.957. The number of hydrogen-bond acceptors (Lipinski definition) is 3. The number of esters is 2. The molecule has 2 rings (SSSR count). The topological polar surface area (TPSA) is 43.4 Å². The molecule has 0 fully saturated rings. The first-order valence-electron chi connectivity index (χ1n) is 5.08. The Morgan fingerprint density at radius 3 is 2.39 bits per heavy atom. The van der Waals surface area contributed by atoms with Crippen molar-refractivity contribution in [1.82, 2.24) is 0 Å². The first-order valence-corrected chi connectivity index (χ1v) is 5.08. The van der Waals surface area contributed by atoms with Crippen molar-refractivity contribution < 1.29 is 33.8 Å². The maximum Gasteiger partial charge on any atom is 0.346 e. The second kappa shape index (κ2) is 6.22. The van der Waals surface area contributed by atoms with Crippen LogP contribution in [0.5, 0.6) is 0 Å². The fourth-order valence-electron chi connectivity index (χ4n) is 1.51. The Kier molecular flexibility index (Phi) is 4.93. The van der Waals surface area contributed by atoms with E-state index in [0.29, 0.717) is 5.56 Å². The summed E-state index contributed by atoms with van der Waals surface area (Å²) in [5, 5.41) is 1.95. The fourth-order valence-corrected chi connectivity index (χ4v) is 1.51. The standard InChI is InChI=1S/C14H10O3.Zn/c1-2-13(15)17-14(16)12-8-7-10-5-3-4-6-11(10)9-12;/h2-9H,1H2;. The molecular weight excluding hydrogens is 282 g/mol. The van der Waals surface area contributed by atoms with Crippen molar-refractivity contribution in [3.8, 4) is 0 Å². The van der Waals surface area contributed by atoms with Crippen molar-refractivity contribution in [1.29, 1.82) is 0 Å². The van der Waals surface area contributed by atoms with Gasteiger partial charge >= 0.3 is 11.9 Å². The molecule has 2 aromatic carbocycles. The number of hydrogen-bond donors (Lipinski definition) is 0. The van der Waals surface area contributed by atoms with Crippen LogP contribution in [0.4, 0.5) is 0 Å². The van der Waals surface area contributed by atoms with Crippen LogP contribution in [0, 0.1) is 0 Å². The van der Waals surface area contributed by atoms with Crippen molar-refractivity contribution in [2.45, 2.75) is 0 Å². The van der Waals surface area contributed by atoms with Crippen LogP contribution in [-0.4, -0.2) is 11.9 Å². The molecule has 0 unspecified atom stereocenters. The number of fused-ring (bicyclic) bond motifs is 1. The molecule has 2 aromatic rings. The summed E-state index contributed by atoms with van der Waals surface area (Å²) in [5.41, 5.74) is 0.346. The second-order valence-electron chi connectivity index (χ2n) is 3.47. The van der Waals surface area contributed by atoms with Crippen LogP contribution in [0.15, 0.2) is 55.1 Å². The van der Waals surface area contributed by atoms with Gasteiger partial charge in [0.25, 0.3) is 0 Å². The quantitative estimate of drug-likeness (QED) is 0.370. The van der Waals surface area contributed by atoms with Gasteiger partial charge in [-0.1, -0.05) is 36.9 Å². The van der Waals surface area contributed by atoms with E-state index >= 15 is 0 Å². The normalized spacial score (nSPS) is 9.33. The van der Waals surface area contributed by atoms with E-state index in [4.69, 9.17) is 0 Å². The summed E-state index contributed by atoms with van der Waals surface area (Å²) in [6.45, 7) is 3.23. The van der Waals surface area contributed by atoms with E-state index in [1.807, 2.05) is 30.3 Å². The molecule has 0 saturated heterocycles. The maximum atomic E-state index is 11.6. The first-order chi connectivity index (χ1) is 8.20. The van der Waals surface area contributed by atoms with Gasteiger partial charge in [-0.15, -0.1) is 0 Å². The van der Waals surface area contributed by atoms with E-state index in [1.54, 1.807) is 12.1 Å². The Morgan fingerprint density at radius 2 is 1.72 bits per heavy atom. The van der Waals surface area contributed by atoms with Crippen LogP contribution < -0.4 is 0 Å². The molecule has 86 valence electrons. The molecule has 3 nitrogen and oxygen atoms in total. The third-order valence-corrected chi connectivity index (χ3v) is 2.35. The van der Waals surface area contributed by atoms with E-state index in [1.165, 1.54) is 0 Å². The number of carbonyl (C=O) groups is 2. The van der Waals surface area contributed by atoms with E-state index in [9.17, 15) is 9.59 Å². The van der Waals surface area contributed by atoms with Gasteiger partial charge in [-0.2, -0.15) is 0 Å². The minimum atomic E-state index is -0.747. The molecule has 0 atom stereocenters. The van der Waals surface area contributed by atoms with Crippen molar-refractivity contribution in [2.75, 3.05) is 0 Å². The Labute approximate surface area is 117 Å². The molecule has 0 saturated carbocycles. The van der Waals surface area contributed by atoms with Gasteiger partial charge in [0.05, 0.1) is 5.56 Å². The van der Waals surface area contributed by atoms with Crippen LogP contribution >= 0.6 is 0 Å². The van der Waals surface area contributed by atoms with Gasteiger partial charge in [-0.25, -0.2) is 9.59 Å². The van der Waals surface area contributed by atoms with Crippen LogP contribution in [0.25, 0.3) is 10.8 Å². The van der Waals surface area contributed by atoms with E-state index in [-0.39, 0.29) is 19.5 Å². The maximum absolute atomic E-state index is 11.6. The summed E-state index contributed by atoms with van der Waals surface area (Å²) < 4.78 is 4.54. The third kappa shape index (κ3) is 3.11. The Morgan fingerprint density at radius 1 is 1.06 bits per heavy atom. The summed E-state index contributed by atoms with van der Waals surface area (Å²) in [6, 6.07) is 12.8. The molecule has 0 radical (unpaired) electrons. The van der Waals surface area contributed by atoms with Crippen molar-refractivity contribution >= 4 is 22.7 Å². The summed E-state index contributed by atoms with van der Waals surface area (Å²) in [7, 11) is 0. The average molecular weight is 292 g/mol. The van der Waals surface area contributed by atoms with Crippen LogP contribution in [-0.2, 0) is 29.0 Å². The van der Waals surface area contributed by atoms with Crippen molar-refractivity contribution in [2.24, 2.45) is 0 Å². The van der Waals surface area contributed by atoms with Gasteiger partial charge in [-0.05, 0) is 22.9 Å². The number of rotatable bonds is 2. The summed E-state index contributed by atoms with van der Waals surface area (Å²) in [4.78, 5) is 22.5. The molecule has 0 aliphatic rings. The van der Waals surface area contributed by atoms with Gasteiger partial charge < -0.3 is 4.74 Å². The molecule has 0 bridgehead atoms. The average Bonchev–Trinajstić information content (AvgIpc) is 2.38. The van der Waals surface area contributed by atoms with Gasteiger partial charge in [0.2, 0.25) is 0 Å². The molecule has 0 spiro atoms. The Bertz CT molecular complexity index is 605. The minimum absolute atomic E-state index is 0. The predicted molar refractivity (Wildman–Crippen MR) is 64.6 cm³/mol. The van der Waals surface area contributed by atoms with E-state index in [0.717, 1.165) is 16.8 Å². The molecule has 18 heavy (non-hydrogen) atoms. The van der Waals surface area contributed by atoms with Crippen LogP contribution in [0.3, 0.4) is 0 Å². The fraction of sp³-hybridized carbons (Fsp3) is 0. The van der Waals surface area contributed by atoms with Gasteiger partial charge in [0, 0.05) is 25.6 Å². The predicted octanol–water partition coefficient (Wildman–Crippen LogP) is 2.71.